The average Bonchev–Trinajstić information content (AvgIpc) is 3.06. The van der Waals surface area contributed by atoms with E-state index in [1.807, 2.05) is 37.3 Å². The van der Waals surface area contributed by atoms with Crippen LogP contribution in [0.1, 0.15) is 24.7 Å². The van der Waals surface area contributed by atoms with E-state index in [2.05, 4.69) is 21.8 Å². The van der Waals surface area contributed by atoms with Crippen LogP contribution in [0.5, 0.6) is 5.88 Å². The van der Waals surface area contributed by atoms with Crippen molar-refractivity contribution >= 4 is 23.4 Å². The number of benzene rings is 1. The van der Waals surface area contributed by atoms with Crippen LogP contribution in [-0.4, -0.2) is 26.8 Å². The summed E-state index contributed by atoms with van der Waals surface area (Å²) in [5.41, 5.74) is 1.87. The first-order valence-electron chi connectivity index (χ1n) is 8.69. The summed E-state index contributed by atoms with van der Waals surface area (Å²) >= 11 is 1.40. The molecule has 1 amide bonds. The molecule has 0 saturated heterocycles. The smallest absolute Gasteiger partial charge is 0.247 e. The molecule has 0 bridgehead atoms. The third-order valence-electron chi connectivity index (χ3n) is 4.19. The van der Waals surface area contributed by atoms with Crippen molar-refractivity contribution in [2.75, 3.05) is 10.7 Å². The second-order valence-electron chi connectivity index (χ2n) is 6.17. The molecule has 28 heavy (non-hydrogen) atoms. The summed E-state index contributed by atoms with van der Waals surface area (Å²) in [5.74, 6) is 2.00. The molecule has 0 N–H and O–H groups in total. The van der Waals surface area contributed by atoms with Crippen LogP contribution in [0.4, 0.5) is 5.69 Å². The van der Waals surface area contributed by atoms with Gasteiger partial charge in [-0.15, -0.1) is 16.8 Å². The van der Waals surface area contributed by atoms with Gasteiger partial charge in [0, 0.05) is 18.2 Å². The van der Waals surface area contributed by atoms with Crippen LogP contribution < -0.4 is 9.64 Å². The van der Waals surface area contributed by atoms with E-state index in [0.717, 1.165) is 11.3 Å². The maximum absolute atomic E-state index is 12.6. The SMILES string of the molecule is C=CCSc1nnc2c(n1)OC(c1ccc(C)o1)N(C(C)=O)c1ccccc1-2. The minimum atomic E-state index is -0.803. The number of para-hydroxylation sites is 1. The number of hydrogen-bond donors (Lipinski definition) is 0. The molecule has 1 aliphatic heterocycles. The zero-order valence-electron chi connectivity index (χ0n) is 15.5. The summed E-state index contributed by atoms with van der Waals surface area (Å²) in [7, 11) is 0. The fraction of sp³-hybridized carbons (Fsp3) is 0.200. The number of rotatable bonds is 4. The van der Waals surface area contributed by atoms with E-state index < -0.39 is 6.23 Å². The Hall–Kier alpha value is -3.13. The van der Waals surface area contributed by atoms with Crippen molar-refractivity contribution in [2.24, 2.45) is 0 Å². The molecule has 4 rings (SSSR count). The van der Waals surface area contributed by atoms with Gasteiger partial charge >= 0.3 is 0 Å². The van der Waals surface area contributed by atoms with Gasteiger partial charge in [-0.3, -0.25) is 9.69 Å². The molecule has 1 atom stereocenters. The number of carbonyl (C=O) groups excluding carboxylic acids is 1. The fourth-order valence-electron chi connectivity index (χ4n) is 3.02. The Kier molecular flexibility index (Phi) is 4.87. The molecule has 1 unspecified atom stereocenters. The van der Waals surface area contributed by atoms with E-state index in [1.165, 1.54) is 18.7 Å². The summed E-state index contributed by atoms with van der Waals surface area (Å²) in [4.78, 5) is 18.7. The van der Waals surface area contributed by atoms with Crippen molar-refractivity contribution in [1.29, 1.82) is 0 Å². The molecular weight excluding hydrogens is 376 g/mol. The van der Waals surface area contributed by atoms with Crippen LogP contribution in [-0.2, 0) is 4.79 Å². The van der Waals surface area contributed by atoms with E-state index in [4.69, 9.17) is 9.15 Å². The molecule has 0 fully saturated rings. The first-order chi connectivity index (χ1) is 13.6. The predicted molar refractivity (Wildman–Crippen MR) is 106 cm³/mol. The molecule has 3 heterocycles. The molecule has 7 nitrogen and oxygen atoms in total. The molecule has 1 aliphatic rings. The summed E-state index contributed by atoms with van der Waals surface area (Å²) < 4.78 is 12.0. The van der Waals surface area contributed by atoms with Crippen LogP contribution in [0.25, 0.3) is 11.3 Å². The van der Waals surface area contributed by atoms with E-state index >= 15 is 0 Å². The highest BCUT2D eigenvalue weighted by atomic mass is 32.2. The monoisotopic (exact) mass is 394 g/mol. The summed E-state index contributed by atoms with van der Waals surface area (Å²) in [5, 5.41) is 9.00. The minimum absolute atomic E-state index is 0.187. The van der Waals surface area contributed by atoms with Gasteiger partial charge in [0.2, 0.25) is 23.2 Å². The highest BCUT2D eigenvalue weighted by Gasteiger charge is 2.36. The second kappa shape index (κ2) is 7.47. The zero-order chi connectivity index (χ0) is 19.7. The molecule has 0 saturated carbocycles. The van der Waals surface area contributed by atoms with Crippen molar-refractivity contribution in [2.45, 2.75) is 25.2 Å². The Balaban J connectivity index is 1.91. The Morgan fingerprint density at radius 2 is 2.11 bits per heavy atom. The number of furan rings is 1. The third-order valence-corrected chi connectivity index (χ3v) is 5.02. The number of amides is 1. The van der Waals surface area contributed by atoms with Gasteiger partial charge in [0.15, 0.2) is 11.5 Å². The first-order valence-corrected chi connectivity index (χ1v) is 9.67. The number of thioether (sulfide) groups is 1. The van der Waals surface area contributed by atoms with Gasteiger partial charge in [0.1, 0.15) is 5.76 Å². The van der Waals surface area contributed by atoms with Crippen molar-refractivity contribution < 1.29 is 13.9 Å². The average molecular weight is 394 g/mol. The molecule has 2 aromatic heterocycles. The highest BCUT2D eigenvalue weighted by Crippen LogP contribution is 2.43. The molecule has 8 heteroatoms. The van der Waals surface area contributed by atoms with Crippen molar-refractivity contribution in [3.63, 3.8) is 0 Å². The van der Waals surface area contributed by atoms with Gasteiger partial charge in [-0.1, -0.05) is 36.0 Å². The number of carbonyl (C=O) groups is 1. The lowest BCUT2D eigenvalue weighted by atomic mass is 10.1. The number of fused-ring (bicyclic) bond motifs is 3. The lowest BCUT2D eigenvalue weighted by Gasteiger charge is -2.28. The Morgan fingerprint density at radius 3 is 2.82 bits per heavy atom. The number of anilines is 1. The molecule has 1 aromatic carbocycles. The van der Waals surface area contributed by atoms with Crippen molar-refractivity contribution in [3.05, 3.63) is 60.6 Å². The van der Waals surface area contributed by atoms with Crippen LogP contribution in [0.15, 0.2) is 58.6 Å². The molecule has 0 spiro atoms. The molecular formula is C20H18N4O3S. The maximum Gasteiger partial charge on any atom is 0.247 e. The third kappa shape index (κ3) is 3.27. The summed E-state index contributed by atoms with van der Waals surface area (Å²) in [6, 6.07) is 11.1. The largest absolute Gasteiger partial charge is 0.460 e. The van der Waals surface area contributed by atoms with E-state index in [-0.39, 0.29) is 5.91 Å². The van der Waals surface area contributed by atoms with E-state index in [9.17, 15) is 4.79 Å². The first kappa shape index (κ1) is 18.2. The molecule has 0 radical (unpaired) electrons. The normalized spacial score (nSPS) is 15.2. The van der Waals surface area contributed by atoms with E-state index in [1.54, 1.807) is 17.0 Å². The van der Waals surface area contributed by atoms with Gasteiger partial charge in [-0.25, -0.2) is 0 Å². The Bertz CT molecular complexity index is 1050. The Labute approximate surface area is 166 Å². The number of nitrogens with zero attached hydrogens (tertiary/aromatic N) is 4. The van der Waals surface area contributed by atoms with Crippen molar-refractivity contribution in [3.8, 4) is 17.1 Å². The standard InChI is InChI=1S/C20H18N4O3S/c1-4-11-28-20-21-18-17(22-23-20)14-7-5-6-8-15(14)24(13(3)25)19(27-18)16-10-9-12(2)26-16/h4-10,19H,1,11H2,2-3H3. The molecule has 3 aromatic rings. The van der Waals surface area contributed by atoms with Crippen LogP contribution in [0.3, 0.4) is 0 Å². The van der Waals surface area contributed by atoms with Gasteiger partial charge in [0.25, 0.3) is 0 Å². The number of ether oxygens (including phenoxy) is 1. The van der Waals surface area contributed by atoms with Gasteiger partial charge in [-0.05, 0) is 25.1 Å². The molecule has 0 aliphatic carbocycles. The number of aromatic nitrogens is 3. The number of hydrogen-bond acceptors (Lipinski definition) is 7. The zero-order valence-corrected chi connectivity index (χ0v) is 16.3. The summed E-state index contributed by atoms with van der Waals surface area (Å²) in [6.07, 6.45) is 0.962. The lowest BCUT2D eigenvalue weighted by Crippen LogP contribution is -2.35. The molecule has 142 valence electrons. The Morgan fingerprint density at radius 1 is 1.29 bits per heavy atom. The van der Waals surface area contributed by atoms with Crippen LogP contribution >= 0.6 is 11.8 Å². The van der Waals surface area contributed by atoms with Gasteiger partial charge < -0.3 is 9.15 Å². The number of aryl methyl sites for hydroxylation is 1. The van der Waals surface area contributed by atoms with Crippen LogP contribution in [0.2, 0.25) is 0 Å². The van der Waals surface area contributed by atoms with Gasteiger partial charge in [-0.2, -0.15) is 4.98 Å². The topological polar surface area (TPSA) is 81.3 Å². The minimum Gasteiger partial charge on any atom is -0.460 e. The highest BCUT2D eigenvalue weighted by molar-refractivity contribution is 7.99. The van der Waals surface area contributed by atoms with E-state index in [0.29, 0.717) is 33.9 Å². The maximum atomic E-state index is 12.6. The lowest BCUT2D eigenvalue weighted by molar-refractivity contribution is -0.118. The second-order valence-corrected chi connectivity index (χ2v) is 7.16. The quantitative estimate of drug-likeness (QED) is 0.485. The fourth-order valence-corrected chi connectivity index (χ4v) is 3.53. The van der Waals surface area contributed by atoms with Crippen molar-refractivity contribution in [1.82, 2.24) is 15.2 Å². The van der Waals surface area contributed by atoms with Gasteiger partial charge in [0.05, 0.1) is 5.69 Å². The van der Waals surface area contributed by atoms with Crippen LogP contribution in [0, 0.1) is 6.92 Å². The predicted octanol–water partition coefficient (Wildman–Crippen LogP) is 4.16. The summed E-state index contributed by atoms with van der Waals surface area (Å²) in [6.45, 7) is 7.04.